The molecule has 14 rings (SSSR count). The van der Waals surface area contributed by atoms with Crippen molar-refractivity contribution >= 4 is 62.9 Å². The van der Waals surface area contributed by atoms with E-state index in [9.17, 15) is 0 Å². The van der Waals surface area contributed by atoms with Crippen molar-refractivity contribution in [1.29, 1.82) is 0 Å². The largest absolute Gasteiger partial charge is 0.335 e. The van der Waals surface area contributed by atoms with Gasteiger partial charge in [-0.1, -0.05) is 199 Å². The molecule has 4 atom stereocenters. The summed E-state index contributed by atoms with van der Waals surface area (Å²) in [4.78, 5) is 8.45. The van der Waals surface area contributed by atoms with Crippen LogP contribution in [0.5, 0.6) is 0 Å². The lowest BCUT2D eigenvalue weighted by Crippen LogP contribution is -2.65. The number of rotatable bonds is 5. The highest BCUT2D eigenvalue weighted by atomic mass is 15.3. The van der Waals surface area contributed by atoms with Gasteiger partial charge in [-0.2, -0.15) is 0 Å². The van der Waals surface area contributed by atoms with Gasteiger partial charge in [0.15, 0.2) is 0 Å². The smallest absolute Gasteiger partial charge is 0.252 e. The normalized spacial score (nSPS) is 24.4. The monoisotopic (exact) mass is 922 g/mol. The molecule has 0 spiro atoms. The molecule has 8 aromatic rings. The zero-order chi connectivity index (χ0) is 48.1. The molecule has 4 heteroatoms. The molecule has 6 aliphatic rings. The Morgan fingerprint density at radius 3 is 1.76 bits per heavy atom. The molecule has 2 fully saturated rings. The van der Waals surface area contributed by atoms with Crippen molar-refractivity contribution in [2.75, 3.05) is 14.7 Å². The number of benzene rings is 8. The standard InChI is InChI=1S/C67H64BN3/c1-63(2,3)50-32-36-57-54(42-50)64(4)37-16-17-38-65(64,5)70(57)52-43-59-61-60(44-52)71-62-53(67(49-25-14-9-15-26-49)40-19-18-39-66(67,71)6)27-20-28-55(62)68(61)56-41-48(46-23-12-8-13-24-46)31-35-58(56)69(59)51-33-29-47(30-34-51)45-21-10-7-11-22-45/h7-15,20-36,41-44H,16-19,37-40H2,1-6H3. The maximum Gasteiger partial charge on any atom is 0.252 e. The van der Waals surface area contributed by atoms with Gasteiger partial charge in [0.1, 0.15) is 0 Å². The van der Waals surface area contributed by atoms with Crippen molar-refractivity contribution in [1.82, 2.24) is 0 Å². The van der Waals surface area contributed by atoms with Crippen LogP contribution in [0.25, 0.3) is 22.3 Å². The van der Waals surface area contributed by atoms with Gasteiger partial charge >= 0.3 is 0 Å². The summed E-state index contributed by atoms with van der Waals surface area (Å²) in [6.07, 6.45) is 9.53. The molecule has 2 aliphatic carbocycles. The molecule has 350 valence electrons. The fraction of sp³-hybridized carbons (Fsp3) is 0.284. The van der Waals surface area contributed by atoms with Gasteiger partial charge < -0.3 is 14.7 Å². The number of anilines is 7. The van der Waals surface area contributed by atoms with E-state index < -0.39 is 0 Å². The van der Waals surface area contributed by atoms with E-state index in [1.54, 1.807) is 0 Å². The fourth-order valence-corrected chi connectivity index (χ4v) is 15.6. The van der Waals surface area contributed by atoms with Crippen LogP contribution in [0.15, 0.2) is 182 Å². The molecule has 0 N–H and O–H groups in total. The molecule has 0 aromatic heterocycles. The van der Waals surface area contributed by atoms with Crippen LogP contribution in [-0.4, -0.2) is 17.8 Å². The quantitative estimate of drug-likeness (QED) is 0.159. The minimum absolute atomic E-state index is 0.00384. The molecular weight excluding hydrogens is 858 g/mol. The summed E-state index contributed by atoms with van der Waals surface area (Å²) >= 11 is 0. The van der Waals surface area contributed by atoms with Crippen molar-refractivity contribution in [3.8, 4) is 22.3 Å². The lowest BCUT2D eigenvalue weighted by molar-refractivity contribution is 0.194. The maximum absolute atomic E-state index is 2.94. The molecule has 2 saturated carbocycles. The summed E-state index contributed by atoms with van der Waals surface area (Å²) < 4.78 is 0. The Kier molecular flexibility index (Phi) is 9.17. The van der Waals surface area contributed by atoms with Crippen LogP contribution in [0, 0.1) is 0 Å². The van der Waals surface area contributed by atoms with Crippen molar-refractivity contribution in [3.63, 3.8) is 0 Å². The third kappa shape index (κ3) is 5.74. The average Bonchev–Trinajstić information content (AvgIpc) is 3.78. The minimum Gasteiger partial charge on any atom is -0.335 e. The number of hydrogen-bond acceptors (Lipinski definition) is 3. The molecule has 0 bridgehead atoms. The molecule has 0 saturated heterocycles. The lowest BCUT2D eigenvalue weighted by Gasteiger charge is -2.54. The molecule has 0 amide bonds. The second-order valence-electron chi connectivity index (χ2n) is 23.7. The zero-order valence-corrected chi connectivity index (χ0v) is 42.4. The van der Waals surface area contributed by atoms with Gasteiger partial charge in [0.25, 0.3) is 6.71 Å². The van der Waals surface area contributed by atoms with Crippen LogP contribution in [0.3, 0.4) is 0 Å². The molecule has 4 heterocycles. The van der Waals surface area contributed by atoms with Crippen LogP contribution in [-0.2, 0) is 16.2 Å². The minimum atomic E-state index is -0.204. The molecule has 4 aliphatic heterocycles. The third-order valence-electron chi connectivity index (χ3n) is 19.2. The van der Waals surface area contributed by atoms with E-state index in [-0.39, 0.29) is 34.0 Å². The summed E-state index contributed by atoms with van der Waals surface area (Å²) in [6, 6.07) is 70.6. The predicted octanol–water partition coefficient (Wildman–Crippen LogP) is 15.4. The molecule has 4 unspecified atom stereocenters. The molecule has 3 nitrogen and oxygen atoms in total. The van der Waals surface area contributed by atoms with Crippen molar-refractivity contribution < 1.29 is 0 Å². The van der Waals surface area contributed by atoms with Crippen LogP contribution in [0.4, 0.5) is 39.8 Å². The van der Waals surface area contributed by atoms with Gasteiger partial charge in [0.05, 0.1) is 11.1 Å². The number of para-hydroxylation sites is 1. The number of fused-ring (bicyclic) bond motifs is 10. The Labute approximate surface area is 422 Å². The highest BCUT2D eigenvalue weighted by Gasteiger charge is 2.65. The molecule has 0 radical (unpaired) electrons. The highest BCUT2D eigenvalue weighted by Crippen LogP contribution is 2.66. The van der Waals surface area contributed by atoms with Crippen LogP contribution in [0.2, 0.25) is 0 Å². The van der Waals surface area contributed by atoms with Crippen LogP contribution < -0.4 is 31.1 Å². The van der Waals surface area contributed by atoms with Gasteiger partial charge in [0.2, 0.25) is 0 Å². The highest BCUT2D eigenvalue weighted by molar-refractivity contribution is 7.00. The summed E-state index contributed by atoms with van der Waals surface area (Å²) in [7, 11) is 0. The summed E-state index contributed by atoms with van der Waals surface area (Å²) in [6.45, 7) is 15.0. The van der Waals surface area contributed by atoms with E-state index in [0.717, 1.165) is 19.3 Å². The van der Waals surface area contributed by atoms with E-state index in [4.69, 9.17) is 0 Å². The number of nitrogens with zero attached hydrogens (tertiary/aromatic N) is 3. The summed E-state index contributed by atoms with van der Waals surface area (Å²) in [5.74, 6) is 0. The van der Waals surface area contributed by atoms with Crippen LogP contribution in [0.1, 0.15) is 115 Å². The van der Waals surface area contributed by atoms with E-state index >= 15 is 0 Å². The van der Waals surface area contributed by atoms with Gasteiger partial charge in [-0.05, 0) is 142 Å². The van der Waals surface area contributed by atoms with Gasteiger partial charge in [-0.25, -0.2) is 0 Å². The Bertz CT molecular complexity index is 3430. The van der Waals surface area contributed by atoms with Crippen molar-refractivity contribution in [2.45, 2.75) is 120 Å². The average molecular weight is 922 g/mol. The first-order valence-electron chi connectivity index (χ1n) is 26.7. The van der Waals surface area contributed by atoms with Crippen molar-refractivity contribution in [2.24, 2.45) is 0 Å². The summed E-state index contributed by atoms with van der Waals surface area (Å²) in [5, 5.41) is 0. The molecular formula is C67H64BN3. The topological polar surface area (TPSA) is 9.72 Å². The first-order chi connectivity index (χ1) is 34.4. The Balaban J connectivity index is 1.09. The lowest BCUT2D eigenvalue weighted by atomic mass is 9.33. The van der Waals surface area contributed by atoms with Crippen LogP contribution >= 0.6 is 0 Å². The Morgan fingerprint density at radius 1 is 0.437 bits per heavy atom. The second kappa shape index (κ2) is 15.1. The van der Waals surface area contributed by atoms with Gasteiger partial charge in [-0.3, -0.25) is 0 Å². The van der Waals surface area contributed by atoms with Gasteiger partial charge in [0, 0.05) is 50.6 Å². The van der Waals surface area contributed by atoms with Gasteiger partial charge in [-0.15, -0.1) is 0 Å². The number of hydrogen-bond donors (Lipinski definition) is 0. The third-order valence-corrected chi connectivity index (χ3v) is 19.2. The Morgan fingerprint density at radius 2 is 1.04 bits per heavy atom. The molecule has 71 heavy (non-hydrogen) atoms. The van der Waals surface area contributed by atoms with E-state index in [1.807, 2.05) is 0 Å². The first-order valence-corrected chi connectivity index (χ1v) is 26.7. The Hall–Kier alpha value is -6.78. The van der Waals surface area contributed by atoms with E-state index in [0.29, 0.717) is 0 Å². The predicted molar refractivity (Wildman–Crippen MR) is 301 cm³/mol. The zero-order valence-electron chi connectivity index (χ0n) is 42.4. The van der Waals surface area contributed by atoms with E-state index in [1.165, 1.54) is 133 Å². The molecule has 8 aromatic carbocycles. The SMILES string of the molecule is CC(C)(C)c1ccc2c(c1)C1(C)CCCCC1(C)N2c1cc2c3c(c1)N1c4c(cccc4C4(c5ccccc5)CCCCC14C)B3c1cc(-c3ccccc3)ccc1N2c1ccc(-c2ccccc2)cc1. The van der Waals surface area contributed by atoms with Crippen molar-refractivity contribution in [3.05, 3.63) is 204 Å². The summed E-state index contributed by atoms with van der Waals surface area (Å²) in [5.41, 5.74) is 23.9. The second-order valence-corrected chi connectivity index (χ2v) is 23.7. The first kappa shape index (κ1) is 43.0. The maximum atomic E-state index is 2.94. The van der Waals surface area contributed by atoms with E-state index in [2.05, 4.69) is 238 Å². The fourth-order valence-electron chi connectivity index (χ4n) is 15.6.